The lowest BCUT2D eigenvalue weighted by atomic mass is 10.0. The highest BCUT2D eigenvalue weighted by Gasteiger charge is 2.28. The Morgan fingerprint density at radius 3 is 2.73 bits per heavy atom. The lowest BCUT2D eigenvalue weighted by Crippen LogP contribution is -2.36. The standard InChI is InChI=1S/C23H20N4O3/c1-30-23(29)17-9-5-8-16-18-13-26(11-10-19(18)25-21(16)17)22(28)20-12-24-14-27(20)15-6-3-2-4-7-15/h2-9,12,14,25H,10-11,13H2,1H3. The van der Waals surface area contributed by atoms with Gasteiger partial charge in [-0.25, -0.2) is 9.78 Å². The molecule has 0 spiro atoms. The average Bonchev–Trinajstić information content (AvgIpc) is 3.43. The first-order chi connectivity index (χ1) is 14.7. The lowest BCUT2D eigenvalue weighted by molar-refractivity contribution is 0.0602. The first-order valence-electron chi connectivity index (χ1n) is 9.75. The van der Waals surface area contributed by atoms with E-state index in [9.17, 15) is 9.59 Å². The largest absolute Gasteiger partial charge is 0.465 e. The number of imidazole rings is 1. The second-order valence-electron chi connectivity index (χ2n) is 7.26. The van der Waals surface area contributed by atoms with Gasteiger partial charge in [0, 0.05) is 41.8 Å². The van der Waals surface area contributed by atoms with Crippen LogP contribution in [0.3, 0.4) is 0 Å². The fraction of sp³-hybridized carbons (Fsp3) is 0.174. The van der Waals surface area contributed by atoms with Crippen molar-refractivity contribution in [1.82, 2.24) is 19.4 Å². The molecule has 5 rings (SSSR count). The van der Waals surface area contributed by atoms with E-state index in [0.717, 1.165) is 27.8 Å². The summed E-state index contributed by atoms with van der Waals surface area (Å²) in [7, 11) is 1.38. The number of carbonyl (C=O) groups excluding carboxylic acids is 2. The smallest absolute Gasteiger partial charge is 0.339 e. The van der Waals surface area contributed by atoms with Gasteiger partial charge in [0.25, 0.3) is 5.91 Å². The Morgan fingerprint density at radius 1 is 1.10 bits per heavy atom. The van der Waals surface area contributed by atoms with Gasteiger partial charge in [-0.05, 0) is 18.2 Å². The zero-order valence-electron chi connectivity index (χ0n) is 16.5. The molecule has 0 bridgehead atoms. The average molecular weight is 400 g/mol. The van der Waals surface area contributed by atoms with Crippen LogP contribution in [0.2, 0.25) is 0 Å². The molecular formula is C23H20N4O3. The maximum absolute atomic E-state index is 13.3. The summed E-state index contributed by atoms with van der Waals surface area (Å²) in [5.74, 6) is -0.445. The number of methoxy groups -OCH3 is 1. The Morgan fingerprint density at radius 2 is 1.93 bits per heavy atom. The van der Waals surface area contributed by atoms with Crippen LogP contribution in [-0.4, -0.2) is 45.0 Å². The van der Waals surface area contributed by atoms with E-state index < -0.39 is 0 Å². The number of rotatable bonds is 3. The molecule has 150 valence electrons. The van der Waals surface area contributed by atoms with E-state index in [0.29, 0.717) is 30.8 Å². The number of H-pyrrole nitrogens is 1. The zero-order valence-corrected chi connectivity index (χ0v) is 16.5. The molecule has 1 amide bonds. The molecule has 2 aromatic carbocycles. The molecule has 0 radical (unpaired) electrons. The van der Waals surface area contributed by atoms with Gasteiger partial charge in [0.2, 0.25) is 0 Å². The van der Waals surface area contributed by atoms with Crippen LogP contribution in [0.1, 0.15) is 32.1 Å². The molecule has 30 heavy (non-hydrogen) atoms. The minimum Gasteiger partial charge on any atom is -0.465 e. The maximum atomic E-state index is 13.3. The number of hydrogen-bond acceptors (Lipinski definition) is 4. The quantitative estimate of drug-likeness (QED) is 0.535. The molecule has 1 aliphatic rings. The van der Waals surface area contributed by atoms with E-state index in [1.54, 1.807) is 18.6 Å². The second-order valence-corrected chi connectivity index (χ2v) is 7.26. The summed E-state index contributed by atoms with van der Waals surface area (Å²) in [4.78, 5) is 34.9. The number of aromatic nitrogens is 3. The van der Waals surface area contributed by atoms with Crippen molar-refractivity contribution in [2.45, 2.75) is 13.0 Å². The molecule has 3 heterocycles. The monoisotopic (exact) mass is 400 g/mol. The molecule has 0 saturated carbocycles. The number of fused-ring (bicyclic) bond motifs is 3. The number of benzene rings is 2. The molecular weight excluding hydrogens is 380 g/mol. The Hall–Kier alpha value is -3.87. The van der Waals surface area contributed by atoms with Crippen LogP contribution < -0.4 is 0 Å². The highest BCUT2D eigenvalue weighted by molar-refractivity contribution is 6.04. The number of hydrogen-bond donors (Lipinski definition) is 1. The Balaban J connectivity index is 1.49. The maximum Gasteiger partial charge on any atom is 0.339 e. The molecule has 0 saturated heterocycles. The number of amides is 1. The summed E-state index contributed by atoms with van der Waals surface area (Å²) in [5, 5.41) is 0.946. The van der Waals surface area contributed by atoms with Gasteiger partial charge in [0.05, 0.1) is 30.7 Å². The van der Waals surface area contributed by atoms with Gasteiger partial charge in [-0.2, -0.15) is 0 Å². The number of esters is 1. The third-order valence-electron chi connectivity index (χ3n) is 5.59. The van der Waals surface area contributed by atoms with E-state index in [1.807, 2.05) is 51.9 Å². The first-order valence-corrected chi connectivity index (χ1v) is 9.75. The predicted octanol–water partition coefficient (Wildman–Crippen LogP) is 3.34. The topological polar surface area (TPSA) is 80.2 Å². The number of ether oxygens (including phenoxy) is 1. The van der Waals surface area contributed by atoms with Gasteiger partial charge >= 0.3 is 5.97 Å². The minimum absolute atomic E-state index is 0.0690. The Labute approximate surface area is 172 Å². The number of aromatic amines is 1. The Kier molecular flexibility index (Phi) is 4.35. The summed E-state index contributed by atoms with van der Waals surface area (Å²) in [6.45, 7) is 1.06. The SMILES string of the molecule is COC(=O)c1cccc2c3c([nH]c12)CCN(C(=O)c1cncn1-c1ccccc1)C3. The van der Waals surface area contributed by atoms with Crippen molar-refractivity contribution in [2.75, 3.05) is 13.7 Å². The normalized spacial score (nSPS) is 13.3. The van der Waals surface area contributed by atoms with Crippen molar-refractivity contribution >= 4 is 22.8 Å². The third-order valence-corrected chi connectivity index (χ3v) is 5.59. The van der Waals surface area contributed by atoms with Crippen molar-refractivity contribution < 1.29 is 14.3 Å². The summed E-state index contributed by atoms with van der Waals surface area (Å²) >= 11 is 0. The van der Waals surface area contributed by atoms with Crippen LogP contribution in [0.15, 0.2) is 61.1 Å². The number of nitrogens with zero attached hydrogens (tertiary/aromatic N) is 3. The van der Waals surface area contributed by atoms with E-state index in [4.69, 9.17) is 4.74 Å². The fourth-order valence-electron chi connectivity index (χ4n) is 4.10. The van der Waals surface area contributed by atoms with Gasteiger partial charge in [0.1, 0.15) is 5.69 Å². The van der Waals surface area contributed by atoms with Gasteiger partial charge in [0.15, 0.2) is 0 Å². The van der Waals surface area contributed by atoms with Crippen LogP contribution in [0.5, 0.6) is 0 Å². The van der Waals surface area contributed by atoms with Crippen LogP contribution in [0, 0.1) is 0 Å². The zero-order chi connectivity index (χ0) is 20.7. The van der Waals surface area contributed by atoms with Gasteiger partial charge in [-0.15, -0.1) is 0 Å². The van der Waals surface area contributed by atoms with Crippen molar-refractivity contribution in [3.63, 3.8) is 0 Å². The molecule has 4 aromatic rings. The molecule has 7 nitrogen and oxygen atoms in total. The highest BCUT2D eigenvalue weighted by atomic mass is 16.5. The molecule has 1 N–H and O–H groups in total. The van der Waals surface area contributed by atoms with Crippen molar-refractivity contribution in [3.8, 4) is 5.69 Å². The fourth-order valence-corrected chi connectivity index (χ4v) is 4.10. The first kappa shape index (κ1) is 18.2. The number of para-hydroxylation sites is 2. The van der Waals surface area contributed by atoms with E-state index in [-0.39, 0.29) is 11.9 Å². The van der Waals surface area contributed by atoms with E-state index in [1.165, 1.54) is 7.11 Å². The second kappa shape index (κ2) is 7.18. The van der Waals surface area contributed by atoms with Crippen LogP contribution in [-0.2, 0) is 17.7 Å². The van der Waals surface area contributed by atoms with Crippen LogP contribution in [0.4, 0.5) is 0 Å². The molecule has 0 atom stereocenters. The number of carbonyl (C=O) groups is 2. The van der Waals surface area contributed by atoms with E-state index >= 15 is 0 Å². The molecule has 0 fully saturated rings. The highest BCUT2D eigenvalue weighted by Crippen LogP contribution is 2.30. The summed E-state index contributed by atoms with van der Waals surface area (Å²) in [6, 6.07) is 15.3. The lowest BCUT2D eigenvalue weighted by Gasteiger charge is -2.27. The number of nitrogens with one attached hydrogen (secondary N) is 1. The van der Waals surface area contributed by atoms with Crippen LogP contribution >= 0.6 is 0 Å². The van der Waals surface area contributed by atoms with Crippen LogP contribution in [0.25, 0.3) is 16.6 Å². The predicted molar refractivity (Wildman–Crippen MR) is 112 cm³/mol. The van der Waals surface area contributed by atoms with Crippen molar-refractivity contribution in [2.24, 2.45) is 0 Å². The molecule has 0 aliphatic carbocycles. The Bertz CT molecular complexity index is 1260. The summed E-state index contributed by atoms with van der Waals surface area (Å²) in [5.41, 5.74) is 4.79. The van der Waals surface area contributed by atoms with Gasteiger partial charge < -0.3 is 14.6 Å². The van der Waals surface area contributed by atoms with Crippen molar-refractivity contribution in [1.29, 1.82) is 0 Å². The molecule has 0 unspecified atom stereocenters. The summed E-state index contributed by atoms with van der Waals surface area (Å²) < 4.78 is 6.71. The summed E-state index contributed by atoms with van der Waals surface area (Å²) in [6.07, 6.45) is 3.96. The van der Waals surface area contributed by atoms with E-state index in [2.05, 4.69) is 9.97 Å². The van der Waals surface area contributed by atoms with Gasteiger partial charge in [-0.1, -0.05) is 30.3 Å². The van der Waals surface area contributed by atoms with Gasteiger partial charge in [-0.3, -0.25) is 9.36 Å². The molecule has 7 heteroatoms. The molecule has 1 aliphatic heterocycles. The van der Waals surface area contributed by atoms with Crippen molar-refractivity contribution in [3.05, 3.63) is 83.6 Å². The minimum atomic E-state index is -0.376. The third kappa shape index (κ3) is 2.86. The molecule has 2 aromatic heterocycles.